The number of hydrogen-bond acceptors (Lipinski definition) is 6. The van der Waals surface area contributed by atoms with Gasteiger partial charge in [0.25, 0.3) is 0 Å². The fraction of sp³-hybridized carbons (Fsp3) is 0.294. The number of amides is 2. The minimum Gasteiger partial charge on any atom is -0.379 e. The lowest BCUT2D eigenvalue weighted by Gasteiger charge is -2.26. The van der Waals surface area contributed by atoms with Gasteiger partial charge < -0.3 is 10.1 Å². The number of rotatable bonds is 6. The average Bonchev–Trinajstić information content (AvgIpc) is 3.43. The molecule has 3 aromatic heterocycles. The molecule has 0 bridgehead atoms. The molecule has 0 saturated carbocycles. The van der Waals surface area contributed by atoms with Crippen LogP contribution in [0.2, 0.25) is 0 Å². The van der Waals surface area contributed by atoms with E-state index in [4.69, 9.17) is 9.72 Å². The highest BCUT2D eigenvalue weighted by Crippen LogP contribution is 2.34. The average molecular weight is 576 g/mol. The quantitative estimate of drug-likeness (QED) is 0.238. The monoisotopic (exact) mass is 575 g/mol. The number of anilines is 2. The van der Waals surface area contributed by atoms with Crippen LogP contribution in [0.4, 0.5) is 16.3 Å². The SMILES string of the molecule is Cc1ccc(-n2ncc(C(C)(C)C)c2NC(=O)Nc2ccc(-c3ccc(CN4CCOCC4)nc3)c3ccccc23)cn1. The van der Waals surface area contributed by atoms with Crippen molar-refractivity contribution >= 4 is 28.3 Å². The summed E-state index contributed by atoms with van der Waals surface area (Å²) in [6, 6.07) is 19.8. The topological polar surface area (TPSA) is 97.2 Å². The Labute approximate surface area is 251 Å². The van der Waals surface area contributed by atoms with Crippen molar-refractivity contribution < 1.29 is 9.53 Å². The molecule has 5 aromatic rings. The van der Waals surface area contributed by atoms with Crippen molar-refractivity contribution in [2.75, 3.05) is 36.9 Å². The van der Waals surface area contributed by atoms with Crippen molar-refractivity contribution in [3.05, 3.63) is 96.2 Å². The zero-order valence-corrected chi connectivity index (χ0v) is 25.1. The number of benzene rings is 2. The van der Waals surface area contributed by atoms with E-state index in [1.807, 2.05) is 55.6 Å². The van der Waals surface area contributed by atoms with Crippen molar-refractivity contribution in [1.29, 1.82) is 0 Å². The standard InChI is InChI=1S/C34H37N7O2/c1-23-9-12-26(20-35-23)41-32(30(21-37-41)34(2,3)4)39-33(42)38-31-14-13-27(28-7-5-6-8-29(28)31)24-10-11-25(36-19-24)22-40-15-17-43-18-16-40/h5-14,19-21H,15-18,22H2,1-4H3,(H2,38,39,42). The van der Waals surface area contributed by atoms with Gasteiger partial charge >= 0.3 is 6.03 Å². The summed E-state index contributed by atoms with van der Waals surface area (Å²) in [7, 11) is 0. The van der Waals surface area contributed by atoms with Crippen molar-refractivity contribution in [1.82, 2.24) is 24.6 Å². The Morgan fingerprint density at radius 2 is 1.67 bits per heavy atom. The van der Waals surface area contributed by atoms with Crippen LogP contribution in [0.1, 0.15) is 37.7 Å². The van der Waals surface area contributed by atoms with Crippen LogP contribution >= 0.6 is 0 Å². The normalized spacial score (nSPS) is 14.1. The fourth-order valence-electron chi connectivity index (χ4n) is 5.39. The van der Waals surface area contributed by atoms with Gasteiger partial charge in [-0.15, -0.1) is 0 Å². The Hall–Kier alpha value is -4.60. The van der Waals surface area contributed by atoms with Gasteiger partial charge in [0.05, 0.1) is 42.7 Å². The van der Waals surface area contributed by atoms with Crippen molar-refractivity contribution in [2.45, 2.75) is 39.7 Å². The van der Waals surface area contributed by atoms with E-state index >= 15 is 0 Å². The lowest BCUT2D eigenvalue weighted by atomic mass is 9.89. The summed E-state index contributed by atoms with van der Waals surface area (Å²) in [6.07, 6.45) is 5.50. The number of pyridine rings is 2. The number of carbonyl (C=O) groups excluding carboxylic acids is 1. The first-order valence-electron chi connectivity index (χ1n) is 14.6. The van der Waals surface area contributed by atoms with Gasteiger partial charge in [0, 0.05) is 48.0 Å². The predicted octanol–water partition coefficient (Wildman–Crippen LogP) is 6.56. The van der Waals surface area contributed by atoms with Gasteiger partial charge in [0.1, 0.15) is 5.82 Å². The summed E-state index contributed by atoms with van der Waals surface area (Å²) in [4.78, 5) is 25.0. The molecule has 9 nitrogen and oxygen atoms in total. The molecule has 1 saturated heterocycles. The molecular weight excluding hydrogens is 538 g/mol. The van der Waals surface area contributed by atoms with Crippen molar-refractivity contribution in [3.8, 4) is 16.8 Å². The summed E-state index contributed by atoms with van der Waals surface area (Å²) in [5.41, 5.74) is 6.22. The molecule has 2 aromatic carbocycles. The number of aryl methyl sites for hydroxylation is 1. The molecule has 1 aliphatic rings. The summed E-state index contributed by atoms with van der Waals surface area (Å²) in [5.74, 6) is 0.611. The van der Waals surface area contributed by atoms with Crippen LogP contribution in [0.25, 0.3) is 27.6 Å². The second-order valence-electron chi connectivity index (χ2n) is 11.9. The minimum absolute atomic E-state index is 0.237. The van der Waals surface area contributed by atoms with Crippen LogP contribution in [0, 0.1) is 6.92 Å². The highest BCUT2D eigenvalue weighted by Gasteiger charge is 2.25. The number of carbonyl (C=O) groups is 1. The van der Waals surface area contributed by atoms with Crippen LogP contribution in [-0.2, 0) is 16.7 Å². The smallest absolute Gasteiger partial charge is 0.324 e. The zero-order chi connectivity index (χ0) is 30.0. The highest BCUT2D eigenvalue weighted by atomic mass is 16.5. The van der Waals surface area contributed by atoms with E-state index in [0.29, 0.717) is 11.5 Å². The summed E-state index contributed by atoms with van der Waals surface area (Å²) >= 11 is 0. The molecule has 1 fully saturated rings. The maximum Gasteiger partial charge on any atom is 0.324 e. The number of fused-ring (bicyclic) bond motifs is 1. The minimum atomic E-state index is -0.348. The number of nitrogens with one attached hydrogen (secondary N) is 2. The third-order valence-electron chi connectivity index (χ3n) is 7.75. The number of morpholine rings is 1. The molecule has 9 heteroatoms. The fourth-order valence-corrected chi connectivity index (χ4v) is 5.39. The second kappa shape index (κ2) is 11.9. The van der Waals surface area contributed by atoms with Crippen LogP contribution in [-0.4, -0.2) is 57.0 Å². The lowest BCUT2D eigenvalue weighted by Crippen LogP contribution is -2.35. The third kappa shape index (κ3) is 6.28. The van der Waals surface area contributed by atoms with E-state index in [9.17, 15) is 4.79 Å². The molecule has 2 N–H and O–H groups in total. The Bertz CT molecular complexity index is 1730. The van der Waals surface area contributed by atoms with Gasteiger partial charge in [-0.3, -0.25) is 20.2 Å². The van der Waals surface area contributed by atoms with Crippen molar-refractivity contribution in [3.63, 3.8) is 0 Å². The summed E-state index contributed by atoms with van der Waals surface area (Å²) in [5, 5.41) is 12.7. The number of hydrogen-bond donors (Lipinski definition) is 2. The molecule has 4 heterocycles. The maximum absolute atomic E-state index is 13.5. The van der Waals surface area contributed by atoms with E-state index in [2.05, 4.69) is 64.6 Å². The van der Waals surface area contributed by atoms with E-state index in [1.54, 1.807) is 17.1 Å². The molecule has 6 rings (SSSR count). The van der Waals surface area contributed by atoms with Crippen LogP contribution in [0.15, 0.2) is 79.3 Å². The van der Waals surface area contributed by atoms with Gasteiger partial charge in [-0.25, -0.2) is 9.48 Å². The maximum atomic E-state index is 13.5. The Balaban J connectivity index is 1.25. The van der Waals surface area contributed by atoms with E-state index in [0.717, 1.165) is 77.4 Å². The molecule has 0 aliphatic carbocycles. The van der Waals surface area contributed by atoms with E-state index in [1.165, 1.54) is 0 Å². The first-order chi connectivity index (χ1) is 20.8. The number of nitrogens with zero attached hydrogens (tertiary/aromatic N) is 5. The van der Waals surface area contributed by atoms with Gasteiger partial charge in [0.2, 0.25) is 0 Å². The second-order valence-corrected chi connectivity index (χ2v) is 11.9. The predicted molar refractivity (Wildman–Crippen MR) is 171 cm³/mol. The molecule has 2 amide bonds. The Morgan fingerprint density at radius 3 is 2.37 bits per heavy atom. The van der Waals surface area contributed by atoms with Crippen LogP contribution in [0.3, 0.4) is 0 Å². The van der Waals surface area contributed by atoms with E-state index < -0.39 is 0 Å². The van der Waals surface area contributed by atoms with Crippen LogP contribution < -0.4 is 10.6 Å². The Morgan fingerprint density at radius 1 is 0.884 bits per heavy atom. The molecule has 1 aliphatic heterocycles. The highest BCUT2D eigenvalue weighted by molar-refractivity contribution is 6.09. The van der Waals surface area contributed by atoms with Gasteiger partial charge in [0.15, 0.2) is 0 Å². The molecule has 0 atom stereocenters. The van der Waals surface area contributed by atoms with Gasteiger partial charge in [-0.2, -0.15) is 5.10 Å². The van der Waals surface area contributed by atoms with Gasteiger partial charge in [-0.05, 0) is 47.6 Å². The lowest BCUT2D eigenvalue weighted by molar-refractivity contribution is 0.0336. The largest absolute Gasteiger partial charge is 0.379 e. The molecule has 0 unspecified atom stereocenters. The third-order valence-corrected chi connectivity index (χ3v) is 7.75. The first-order valence-corrected chi connectivity index (χ1v) is 14.6. The first kappa shape index (κ1) is 28.5. The van der Waals surface area contributed by atoms with Crippen molar-refractivity contribution in [2.24, 2.45) is 0 Å². The molecular formula is C34H37N7O2. The summed E-state index contributed by atoms with van der Waals surface area (Å²) in [6.45, 7) is 12.5. The molecule has 43 heavy (non-hydrogen) atoms. The van der Waals surface area contributed by atoms with Crippen LogP contribution in [0.5, 0.6) is 0 Å². The number of aromatic nitrogens is 4. The number of ether oxygens (including phenoxy) is 1. The van der Waals surface area contributed by atoms with E-state index in [-0.39, 0.29) is 11.4 Å². The molecule has 0 spiro atoms. The summed E-state index contributed by atoms with van der Waals surface area (Å²) < 4.78 is 7.19. The number of urea groups is 1. The van der Waals surface area contributed by atoms with Gasteiger partial charge in [-0.1, -0.05) is 57.2 Å². The molecule has 0 radical (unpaired) electrons. The zero-order valence-electron chi connectivity index (χ0n) is 25.1. The Kier molecular flexibility index (Phi) is 7.92. The molecule has 220 valence electrons.